The van der Waals surface area contributed by atoms with Gasteiger partial charge in [-0.15, -0.1) is 11.3 Å². The van der Waals surface area contributed by atoms with Crippen LogP contribution in [0.3, 0.4) is 0 Å². The van der Waals surface area contributed by atoms with Crippen LogP contribution in [0.1, 0.15) is 27.7 Å². The van der Waals surface area contributed by atoms with Crippen molar-refractivity contribution in [2.75, 3.05) is 0 Å². The van der Waals surface area contributed by atoms with Crippen molar-refractivity contribution in [3.05, 3.63) is 50.7 Å². The van der Waals surface area contributed by atoms with Crippen molar-refractivity contribution in [2.45, 2.75) is 26.9 Å². The molecule has 1 heterocycles. The topological polar surface area (TPSA) is 26.3 Å². The summed E-state index contributed by atoms with van der Waals surface area (Å²) in [6, 6.07) is 9.38. The number of hydrogen-bond acceptors (Lipinski definition) is 3. The number of hydrogen-bond donors (Lipinski definition) is 0. The van der Waals surface area contributed by atoms with Crippen LogP contribution in [0.4, 0.5) is 0 Å². The molecule has 0 saturated heterocycles. The predicted molar refractivity (Wildman–Crippen MR) is 79.7 cm³/mol. The van der Waals surface area contributed by atoms with Gasteiger partial charge < -0.3 is 4.74 Å². The number of Topliss-reactive ketones (excluding diaryl/α,β-unsaturated/α-hetero) is 1. The number of carbonyl (C=O) groups is 1. The molecule has 0 bridgehead atoms. The fourth-order valence-electron chi connectivity index (χ4n) is 1.91. The molecule has 19 heavy (non-hydrogen) atoms. The Morgan fingerprint density at radius 1 is 1.21 bits per heavy atom. The molecule has 1 unspecified atom stereocenters. The predicted octanol–water partition coefficient (Wildman–Crippen LogP) is 4.67. The first-order valence-corrected chi connectivity index (χ1v) is 7.19. The molecule has 1 aromatic heterocycles. The molecule has 4 heteroatoms. The Bertz CT molecular complexity index is 584. The van der Waals surface area contributed by atoms with Gasteiger partial charge in [0.25, 0.3) is 0 Å². The summed E-state index contributed by atoms with van der Waals surface area (Å²) >= 11 is 7.11. The molecule has 2 rings (SSSR count). The Morgan fingerprint density at radius 3 is 2.37 bits per heavy atom. The Morgan fingerprint density at radius 2 is 1.84 bits per heavy atom. The van der Waals surface area contributed by atoms with E-state index in [0.717, 1.165) is 16.9 Å². The van der Waals surface area contributed by atoms with E-state index in [1.807, 2.05) is 26.0 Å². The Kier molecular flexibility index (Phi) is 4.27. The molecule has 0 fully saturated rings. The van der Waals surface area contributed by atoms with Crippen molar-refractivity contribution in [3.63, 3.8) is 0 Å². The summed E-state index contributed by atoms with van der Waals surface area (Å²) < 4.78 is 6.33. The van der Waals surface area contributed by atoms with Gasteiger partial charge in [0.2, 0.25) is 5.78 Å². The summed E-state index contributed by atoms with van der Waals surface area (Å²) in [5.41, 5.74) is 2.24. The summed E-state index contributed by atoms with van der Waals surface area (Å²) in [6.07, 6.45) is -0.518. The minimum atomic E-state index is -0.518. The van der Waals surface area contributed by atoms with Crippen LogP contribution in [0.15, 0.2) is 30.3 Å². The Balaban J connectivity index is 2.12. The van der Waals surface area contributed by atoms with Crippen LogP contribution in [0.5, 0.6) is 5.75 Å². The molecule has 0 aliphatic carbocycles. The van der Waals surface area contributed by atoms with E-state index >= 15 is 0 Å². The molecule has 0 amide bonds. The Labute approximate surface area is 122 Å². The second-order valence-corrected chi connectivity index (χ2v) is 6.27. The number of halogens is 1. The number of rotatable bonds is 4. The summed E-state index contributed by atoms with van der Waals surface area (Å²) in [5.74, 6) is 0.678. The molecule has 0 aliphatic rings. The van der Waals surface area contributed by atoms with Crippen LogP contribution in [0.2, 0.25) is 4.34 Å². The molecule has 1 atom stereocenters. The lowest BCUT2D eigenvalue weighted by Gasteiger charge is -2.14. The van der Waals surface area contributed by atoms with Crippen molar-refractivity contribution < 1.29 is 9.53 Å². The maximum absolute atomic E-state index is 12.2. The van der Waals surface area contributed by atoms with Crippen molar-refractivity contribution in [3.8, 4) is 5.75 Å². The monoisotopic (exact) mass is 294 g/mol. The average molecular weight is 295 g/mol. The number of ether oxygens (including phenoxy) is 1. The van der Waals surface area contributed by atoms with E-state index in [1.165, 1.54) is 11.3 Å². The van der Waals surface area contributed by atoms with Gasteiger partial charge in [-0.25, -0.2) is 0 Å². The molecule has 0 saturated carbocycles. The minimum absolute atomic E-state index is 0.0453. The smallest absolute Gasteiger partial charge is 0.212 e. The molecule has 100 valence electrons. The van der Waals surface area contributed by atoms with Gasteiger partial charge in [0.1, 0.15) is 5.75 Å². The molecule has 2 aromatic rings. The molecule has 0 spiro atoms. The quantitative estimate of drug-likeness (QED) is 0.766. The van der Waals surface area contributed by atoms with Gasteiger partial charge in [-0.1, -0.05) is 17.7 Å². The third kappa shape index (κ3) is 3.58. The molecule has 0 N–H and O–H groups in total. The van der Waals surface area contributed by atoms with E-state index in [2.05, 4.69) is 6.07 Å². The number of benzene rings is 1. The second-order valence-electron chi connectivity index (χ2n) is 4.55. The van der Waals surface area contributed by atoms with Crippen molar-refractivity contribution in [1.29, 1.82) is 0 Å². The van der Waals surface area contributed by atoms with E-state index in [4.69, 9.17) is 16.3 Å². The van der Waals surface area contributed by atoms with Gasteiger partial charge in [0.05, 0.1) is 9.21 Å². The number of thiophene rings is 1. The summed E-state index contributed by atoms with van der Waals surface area (Å²) in [4.78, 5) is 12.8. The first kappa shape index (κ1) is 14.1. The van der Waals surface area contributed by atoms with Crippen molar-refractivity contribution >= 4 is 28.7 Å². The lowest BCUT2D eigenvalue weighted by atomic mass is 10.1. The minimum Gasteiger partial charge on any atom is -0.483 e. The van der Waals surface area contributed by atoms with E-state index in [9.17, 15) is 4.79 Å². The molecule has 2 nitrogen and oxygen atoms in total. The maximum Gasteiger partial charge on any atom is 0.212 e. The second kappa shape index (κ2) is 5.76. The van der Waals surface area contributed by atoms with Gasteiger partial charge >= 0.3 is 0 Å². The highest BCUT2D eigenvalue weighted by molar-refractivity contribution is 7.18. The van der Waals surface area contributed by atoms with Crippen molar-refractivity contribution in [2.24, 2.45) is 0 Å². The highest BCUT2D eigenvalue weighted by Gasteiger charge is 2.18. The zero-order valence-electron chi connectivity index (χ0n) is 11.1. The largest absolute Gasteiger partial charge is 0.483 e. The highest BCUT2D eigenvalue weighted by Crippen LogP contribution is 2.24. The van der Waals surface area contributed by atoms with Crippen LogP contribution < -0.4 is 4.74 Å². The highest BCUT2D eigenvalue weighted by atomic mass is 35.5. The summed E-state index contributed by atoms with van der Waals surface area (Å²) in [7, 11) is 0. The fourth-order valence-corrected chi connectivity index (χ4v) is 2.97. The fraction of sp³-hybridized carbons (Fsp3) is 0.267. The molecule has 0 aliphatic heterocycles. The summed E-state index contributed by atoms with van der Waals surface area (Å²) in [5, 5.41) is 0. The van der Waals surface area contributed by atoms with Gasteiger partial charge in [-0.2, -0.15) is 0 Å². The van der Waals surface area contributed by atoms with Crippen LogP contribution >= 0.6 is 22.9 Å². The zero-order valence-corrected chi connectivity index (χ0v) is 12.6. The summed E-state index contributed by atoms with van der Waals surface area (Å²) in [6.45, 7) is 5.77. The normalized spacial score (nSPS) is 12.2. The van der Waals surface area contributed by atoms with Gasteiger partial charge in [-0.05, 0) is 56.2 Å². The Hall–Kier alpha value is -1.32. The van der Waals surface area contributed by atoms with E-state index in [1.54, 1.807) is 19.1 Å². The van der Waals surface area contributed by atoms with Crippen LogP contribution in [0, 0.1) is 13.8 Å². The van der Waals surface area contributed by atoms with Crippen LogP contribution in [-0.4, -0.2) is 11.9 Å². The maximum atomic E-state index is 12.2. The number of aryl methyl sites for hydroxylation is 2. The van der Waals surface area contributed by atoms with Crippen molar-refractivity contribution in [1.82, 2.24) is 0 Å². The van der Waals surface area contributed by atoms with E-state index in [-0.39, 0.29) is 5.78 Å². The molecular formula is C15H15ClO2S. The lowest BCUT2D eigenvalue weighted by molar-refractivity contribution is 0.0822. The number of carbonyl (C=O) groups excluding carboxylic acids is 1. The standard InChI is InChI=1S/C15H15ClO2S/c1-9-6-10(2)8-12(7-9)18-11(3)15(17)13-4-5-14(16)19-13/h4-8,11H,1-3H3. The third-order valence-electron chi connectivity index (χ3n) is 2.69. The first-order valence-electron chi connectivity index (χ1n) is 6.00. The van der Waals surface area contributed by atoms with Gasteiger partial charge in [0.15, 0.2) is 6.10 Å². The van der Waals surface area contributed by atoms with E-state index < -0.39 is 6.10 Å². The van der Waals surface area contributed by atoms with Crippen LogP contribution in [0.25, 0.3) is 0 Å². The number of ketones is 1. The third-order valence-corrected chi connectivity index (χ3v) is 3.94. The SMILES string of the molecule is Cc1cc(C)cc(OC(C)C(=O)c2ccc(Cl)s2)c1. The van der Waals surface area contributed by atoms with Gasteiger partial charge in [0, 0.05) is 0 Å². The zero-order chi connectivity index (χ0) is 14.0. The molecular weight excluding hydrogens is 280 g/mol. The first-order chi connectivity index (χ1) is 8.95. The average Bonchev–Trinajstić information content (AvgIpc) is 2.73. The van der Waals surface area contributed by atoms with Gasteiger partial charge in [-0.3, -0.25) is 4.79 Å². The lowest BCUT2D eigenvalue weighted by Crippen LogP contribution is -2.23. The molecule has 0 radical (unpaired) electrons. The van der Waals surface area contributed by atoms with E-state index in [0.29, 0.717) is 9.21 Å². The van der Waals surface area contributed by atoms with Crippen LogP contribution in [-0.2, 0) is 0 Å². The molecule has 1 aromatic carbocycles.